The van der Waals surface area contributed by atoms with Gasteiger partial charge in [0.15, 0.2) is 0 Å². The third-order valence-electron chi connectivity index (χ3n) is 3.36. The molecule has 0 unspecified atom stereocenters. The number of H-pyrrole nitrogens is 1. The quantitative estimate of drug-likeness (QED) is 0.803. The fourth-order valence-electron chi connectivity index (χ4n) is 2.44. The molecule has 1 aromatic carbocycles. The van der Waals surface area contributed by atoms with Crippen LogP contribution < -0.4 is 5.73 Å². The predicted octanol–water partition coefficient (Wildman–Crippen LogP) is 2.73. The Morgan fingerprint density at radius 2 is 2.05 bits per heavy atom. The van der Waals surface area contributed by atoms with Crippen LogP contribution in [0.25, 0.3) is 10.9 Å². The third-order valence-corrected chi connectivity index (χ3v) is 5.48. The molecule has 2 rings (SSSR count). The molecule has 0 atom stereocenters. The molecule has 3 N–H and O–H groups in total. The molecular weight excluding hydrogens is 266 g/mol. The van der Waals surface area contributed by atoms with E-state index in [1.54, 1.807) is 0 Å². The van der Waals surface area contributed by atoms with E-state index in [0.29, 0.717) is 6.54 Å². The summed E-state index contributed by atoms with van der Waals surface area (Å²) in [5.41, 5.74) is 8.18. The van der Waals surface area contributed by atoms with Crippen LogP contribution in [-0.2, 0) is 6.42 Å². The normalized spacial score (nSPS) is 11.7. The van der Waals surface area contributed by atoms with Crippen molar-refractivity contribution in [3.63, 3.8) is 0 Å². The lowest BCUT2D eigenvalue weighted by molar-refractivity contribution is 0.542. The maximum absolute atomic E-state index is 5.78. The number of hydrogen-bond donors (Lipinski definition) is 2. The van der Waals surface area contributed by atoms with Gasteiger partial charge in [-0.25, -0.2) is 0 Å². The first kappa shape index (κ1) is 14.8. The van der Waals surface area contributed by atoms with Gasteiger partial charge in [0.25, 0.3) is 0 Å². The molecule has 1 aromatic heterocycles. The molecule has 0 radical (unpaired) electrons. The number of hydrogen-bond acceptors (Lipinski definition) is 2. The number of rotatable bonds is 6. The largest absolute Gasteiger partial charge is 0.372 e. The Balaban J connectivity index is 2.58. The average molecular weight is 289 g/mol. The molecule has 0 bridgehead atoms. The maximum Gasteiger partial charge on any atom is 0.0669 e. The van der Waals surface area contributed by atoms with Crippen molar-refractivity contribution in [1.29, 1.82) is 0 Å². The van der Waals surface area contributed by atoms with Gasteiger partial charge in [-0.1, -0.05) is 36.5 Å². The molecule has 0 aliphatic heterocycles. The molecule has 4 heteroatoms. The van der Waals surface area contributed by atoms with Gasteiger partial charge >= 0.3 is 0 Å². The Morgan fingerprint density at radius 1 is 1.35 bits per heavy atom. The zero-order valence-electron chi connectivity index (χ0n) is 12.1. The number of para-hydroxylation sites is 1. The van der Waals surface area contributed by atoms with Crippen LogP contribution in [0.4, 0.5) is 0 Å². The molecule has 0 saturated heterocycles. The monoisotopic (exact) mass is 289 g/mol. The predicted molar refractivity (Wildman–Crippen MR) is 94.0 cm³/mol. The topological polar surface area (TPSA) is 45.0 Å². The van der Waals surface area contributed by atoms with Crippen molar-refractivity contribution >= 4 is 31.8 Å². The van der Waals surface area contributed by atoms with E-state index in [1.165, 1.54) is 10.9 Å². The number of nitrogens with one attached hydrogen (secondary N) is 1. The molecule has 3 nitrogen and oxygen atoms in total. The summed E-state index contributed by atoms with van der Waals surface area (Å²) in [6, 6.07) is 8.31. The minimum Gasteiger partial charge on any atom is -0.372 e. The molecule has 0 aliphatic rings. The van der Waals surface area contributed by atoms with Gasteiger partial charge in [-0.05, 0) is 30.8 Å². The first-order valence-corrected chi connectivity index (χ1v) is 8.73. The van der Waals surface area contributed by atoms with Crippen molar-refractivity contribution in [2.45, 2.75) is 11.4 Å². The highest BCUT2D eigenvalue weighted by Gasteiger charge is 2.15. The van der Waals surface area contributed by atoms with E-state index in [-0.39, 0.29) is 0 Å². The molecule has 20 heavy (non-hydrogen) atoms. The Bertz CT molecular complexity index is 710. The molecule has 108 valence electrons. The zero-order chi connectivity index (χ0) is 14.8. The number of nitrogens with two attached hydrogens (primary N) is 1. The zero-order valence-corrected chi connectivity index (χ0v) is 12.9. The molecule has 0 spiro atoms. The smallest absolute Gasteiger partial charge is 0.0669 e. The SMILES string of the molecule is C=CN(C)CS(=C)(=C)c1[nH]c2ccccc2c1CCN. The highest BCUT2D eigenvalue weighted by molar-refractivity contribution is 8.27. The van der Waals surface area contributed by atoms with Crippen LogP contribution in [0.2, 0.25) is 0 Å². The van der Waals surface area contributed by atoms with Crippen LogP contribution in [0.5, 0.6) is 0 Å². The van der Waals surface area contributed by atoms with Crippen molar-refractivity contribution in [2.24, 2.45) is 5.73 Å². The van der Waals surface area contributed by atoms with E-state index >= 15 is 0 Å². The number of aromatic amines is 1. The van der Waals surface area contributed by atoms with Crippen LogP contribution in [0.3, 0.4) is 0 Å². The van der Waals surface area contributed by atoms with Gasteiger partial charge in [-0.15, -0.1) is 0 Å². The van der Waals surface area contributed by atoms with E-state index in [0.717, 1.165) is 22.8 Å². The summed E-state index contributed by atoms with van der Waals surface area (Å²) in [7, 11) is 0.554. The van der Waals surface area contributed by atoms with Gasteiger partial charge in [0.1, 0.15) is 0 Å². The lowest BCUT2D eigenvalue weighted by atomic mass is 10.1. The van der Waals surface area contributed by atoms with E-state index in [1.807, 2.05) is 24.2 Å². The Kier molecular flexibility index (Phi) is 4.26. The minimum absolute atomic E-state index is 0.627. The van der Waals surface area contributed by atoms with Crippen molar-refractivity contribution in [3.05, 3.63) is 42.6 Å². The minimum atomic E-state index is -1.44. The van der Waals surface area contributed by atoms with Crippen LogP contribution in [0.1, 0.15) is 5.56 Å². The fourth-order valence-corrected chi connectivity index (χ4v) is 4.52. The fraction of sp³-hybridized carbons (Fsp3) is 0.250. The molecule has 0 aliphatic carbocycles. The summed E-state index contributed by atoms with van der Waals surface area (Å²) in [5.74, 6) is 9.53. The Morgan fingerprint density at radius 3 is 2.70 bits per heavy atom. The van der Waals surface area contributed by atoms with Crippen molar-refractivity contribution in [3.8, 4) is 0 Å². The summed E-state index contributed by atoms with van der Waals surface area (Å²) in [5, 5.41) is 2.39. The summed E-state index contributed by atoms with van der Waals surface area (Å²) < 4.78 is 0. The molecule has 2 aromatic rings. The van der Waals surface area contributed by atoms with Gasteiger partial charge in [-0.2, -0.15) is 9.21 Å². The first-order valence-electron chi connectivity index (χ1n) is 6.59. The summed E-state index contributed by atoms with van der Waals surface area (Å²) in [6.45, 7) is 4.42. The molecule has 0 amide bonds. The van der Waals surface area contributed by atoms with Crippen LogP contribution >= 0.6 is 9.21 Å². The lowest BCUT2D eigenvalue weighted by Gasteiger charge is -2.22. The van der Waals surface area contributed by atoms with Crippen molar-refractivity contribution < 1.29 is 0 Å². The van der Waals surface area contributed by atoms with Gasteiger partial charge in [0.2, 0.25) is 0 Å². The van der Waals surface area contributed by atoms with E-state index in [4.69, 9.17) is 5.73 Å². The Labute approximate surface area is 121 Å². The van der Waals surface area contributed by atoms with Crippen LogP contribution in [-0.4, -0.2) is 41.1 Å². The van der Waals surface area contributed by atoms with E-state index in [9.17, 15) is 0 Å². The highest BCUT2D eigenvalue weighted by atomic mass is 32.2. The number of fused-ring (bicyclic) bond motifs is 1. The second-order valence-corrected chi connectivity index (χ2v) is 7.89. The van der Waals surface area contributed by atoms with Crippen LogP contribution in [0, 0.1) is 0 Å². The Hall–Kier alpha value is -1.65. The summed E-state index contributed by atoms with van der Waals surface area (Å²) in [6.07, 6.45) is 2.65. The van der Waals surface area contributed by atoms with Crippen molar-refractivity contribution in [1.82, 2.24) is 9.88 Å². The molecule has 1 heterocycles. The molecule has 0 saturated carbocycles. The van der Waals surface area contributed by atoms with Crippen LogP contribution in [0.15, 0.2) is 42.1 Å². The number of nitrogens with zero attached hydrogens (tertiary/aromatic N) is 1. The maximum atomic E-state index is 5.78. The average Bonchev–Trinajstić information content (AvgIpc) is 2.79. The van der Waals surface area contributed by atoms with Gasteiger partial charge in [0, 0.05) is 18.0 Å². The molecular formula is C16H23N3S. The van der Waals surface area contributed by atoms with E-state index < -0.39 is 9.21 Å². The first-order chi connectivity index (χ1) is 9.49. The van der Waals surface area contributed by atoms with Gasteiger partial charge in [0.05, 0.1) is 10.9 Å². The second-order valence-electron chi connectivity index (χ2n) is 5.13. The van der Waals surface area contributed by atoms with Gasteiger partial charge < -0.3 is 15.6 Å². The number of aromatic nitrogens is 1. The highest BCUT2D eigenvalue weighted by Crippen LogP contribution is 2.38. The second kappa shape index (κ2) is 5.77. The summed E-state index contributed by atoms with van der Waals surface area (Å²) >= 11 is 0. The summed E-state index contributed by atoms with van der Waals surface area (Å²) in [4.78, 5) is 5.55. The van der Waals surface area contributed by atoms with Crippen molar-refractivity contribution in [2.75, 3.05) is 19.5 Å². The standard InChI is InChI=1S/C16H23N3S/c1-5-19(2)12-20(3,4)16-14(10-11-17)13-8-6-7-9-15(13)18-16/h5-9,18H,1,3-4,10-12,17H2,2H3. The molecule has 0 fully saturated rings. The number of benzene rings is 1. The van der Waals surface area contributed by atoms with Gasteiger partial charge in [-0.3, -0.25) is 0 Å². The van der Waals surface area contributed by atoms with E-state index in [2.05, 4.69) is 41.5 Å². The lowest BCUT2D eigenvalue weighted by Crippen LogP contribution is -2.13. The third kappa shape index (κ3) is 2.76.